The van der Waals surface area contributed by atoms with Gasteiger partial charge in [-0.2, -0.15) is 5.10 Å². The number of aromatic nitrogens is 5. The summed E-state index contributed by atoms with van der Waals surface area (Å²) >= 11 is 0. The molecule has 2 N–H and O–H groups in total. The number of nitrogens with zero attached hydrogens (tertiary/aromatic N) is 5. The summed E-state index contributed by atoms with van der Waals surface area (Å²) in [5.74, 6) is 0.840. The van der Waals surface area contributed by atoms with Crippen molar-refractivity contribution in [2.24, 2.45) is 0 Å². The van der Waals surface area contributed by atoms with E-state index in [4.69, 9.17) is 14.6 Å². The Morgan fingerprint density at radius 3 is 2.90 bits per heavy atom. The fraction of sp³-hybridized carbons (Fsp3) is 0.571. The second-order valence-corrected chi connectivity index (χ2v) is 8.43. The van der Waals surface area contributed by atoms with E-state index in [1.54, 1.807) is 7.11 Å². The van der Waals surface area contributed by atoms with Gasteiger partial charge >= 0.3 is 0 Å². The van der Waals surface area contributed by atoms with Crippen molar-refractivity contribution in [1.82, 2.24) is 24.4 Å². The molecule has 30 heavy (non-hydrogen) atoms. The minimum absolute atomic E-state index is 0.0992. The van der Waals surface area contributed by atoms with E-state index in [1.807, 2.05) is 28.5 Å². The van der Waals surface area contributed by atoms with Gasteiger partial charge in [-0.3, -0.25) is 4.68 Å². The average molecular weight is 412 g/mol. The molecule has 9 nitrogen and oxygen atoms in total. The molecule has 0 unspecified atom stereocenters. The van der Waals surface area contributed by atoms with E-state index in [0.717, 1.165) is 41.6 Å². The highest BCUT2D eigenvalue weighted by molar-refractivity contribution is 5.81. The van der Waals surface area contributed by atoms with E-state index in [-0.39, 0.29) is 18.1 Å². The van der Waals surface area contributed by atoms with Crippen molar-refractivity contribution < 1.29 is 14.6 Å². The molecule has 2 aliphatic rings. The van der Waals surface area contributed by atoms with Crippen LogP contribution in [-0.2, 0) is 9.47 Å². The monoisotopic (exact) mass is 412 g/mol. The second-order valence-electron chi connectivity index (χ2n) is 8.43. The highest BCUT2D eigenvalue weighted by Gasteiger charge is 2.29. The summed E-state index contributed by atoms with van der Waals surface area (Å²) in [6, 6.07) is 2.60. The van der Waals surface area contributed by atoms with Crippen LogP contribution in [0.2, 0.25) is 0 Å². The Hall–Kier alpha value is -2.49. The number of nitrogens with one attached hydrogen (secondary N) is 1. The van der Waals surface area contributed by atoms with E-state index >= 15 is 0 Å². The van der Waals surface area contributed by atoms with Crippen molar-refractivity contribution in [2.75, 3.05) is 32.2 Å². The van der Waals surface area contributed by atoms with Gasteiger partial charge in [0.1, 0.15) is 0 Å². The van der Waals surface area contributed by atoms with Crippen molar-refractivity contribution in [3.05, 3.63) is 30.4 Å². The summed E-state index contributed by atoms with van der Waals surface area (Å²) in [6.07, 6.45) is 8.13. The molecule has 9 heteroatoms. The molecule has 0 bridgehead atoms. The van der Waals surface area contributed by atoms with Gasteiger partial charge < -0.3 is 19.9 Å². The Morgan fingerprint density at radius 1 is 1.33 bits per heavy atom. The van der Waals surface area contributed by atoms with E-state index in [1.165, 1.54) is 0 Å². The zero-order valence-corrected chi connectivity index (χ0v) is 17.4. The third-order valence-electron chi connectivity index (χ3n) is 6.07. The van der Waals surface area contributed by atoms with E-state index in [9.17, 15) is 5.11 Å². The highest BCUT2D eigenvalue weighted by atomic mass is 16.5. The third-order valence-corrected chi connectivity index (χ3v) is 6.07. The van der Waals surface area contributed by atoms with Crippen LogP contribution in [-0.4, -0.2) is 68.6 Å². The average Bonchev–Trinajstić information content (AvgIpc) is 3.39. The first-order valence-electron chi connectivity index (χ1n) is 10.6. The van der Waals surface area contributed by atoms with E-state index < -0.39 is 0 Å². The highest BCUT2D eigenvalue weighted by Crippen LogP contribution is 2.38. The maximum Gasteiger partial charge on any atom is 0.241 e. The van der Waals surface area contributed by atoms with Crippen LogP contribution >= 0.6 is 0 Å². The summed E-state index contributed by atoms with van der Waals surface area (Å²) in [5, 5.41) is 22.7. The van der Waals surface area contributed by atoms with Gasteiger partial charge in [0.15, 0.2) is 0 Å². The fourth-order valence-electron chi connectivity index (χ4n) is 4.39. The maximum absolute atomic E-state index is 10.1. The molecule has 3 atom stereocenters. The van der Waals surface area contributed by atoms with Gasteiger partial charge in [-0.25, -0.2) is 9.50 Å². The van der Waals surface area contributed by atoms with Crippen LogP contribution < -0.4 is 5.32 Å². The van der Waals surface area contributed by atoms with Gasteiger partial charge in [-0.05, 0) is 32.3 Å². The predicted molar refractivity (Wildman–Crippen MR) is 112 cm³/mol. The number of anilines is 1. The Bertz CT molecular complexity index is 1030. The molecule has 0 spiro atoms. The molecule has 5 rings (SSSR count). The van der Waals surface area contributed by atoms with Crippen LogP contribution in [0.5, 0.6) is 0 Å². The second kappa shape index (κ2) is 7.98. The molecule has 1 aliphatic carbocycles. The van der Waals surface area contributed by atoms with Gasteiger partial charge in [0, 0.05) is 42.1 Å². The molecule has 0 radical (unpaired) electrons. The number of fused-ring (bicyclic) bond motifs is 1. The van der Waals surface area contributed by atoms with E-state index in [0.29, 0.717) is 31.8 Å². The van der Waals surface area contributed by atoms with Gasteiger partial charge in [0.25, 0.3) is 0 Å². The zero-order valence-electron chi connectivity index (χ0n) is 17.4. The molecule has 3 aromatic rings. The first kappa shape index (κ1) is 19.5. The van der Waals surface area contributed by atoms with Crippen molar-refractivity contribution in [2.45, 2.75) is 50.3 Å². The lowest BCUT2D eigenvalue weighted by molar-refractivity contribution is -0.0286. The molecular weight excluding hydrogens is 384 g/mol. The number of rotatable bonds is 7. The largest absolute Gasteiger partial charge is 0.393 e. The molecule has 0 aromatic carbocycles. The number of aliphatic hydroxyl groups is 1. The molecular formula is C21H28N6O3. The van der Waals surface area contributed by atoms with Crippen LogP contribution in [0.15, 0.2) is 24.7 Å². The normalized spacial score (nSPS) is 23.0. The summed E-state index contributed by atoms with van der Waals surface area (Å²) in [7, 11) is 1.68. The molecule has 1 aliphatic heterocycles. The van der Waals surface area contributed by atoms with Gasteiger partial charge in [-0.15, -0.1) is 5.10 Å². The molecule has 4 heterocycles. The van der Waals surface area contributed by atoms with Crippen LogP contribution in [0.3, 0.4) is 0 Å². The molecule has 1 saturated carbocycles. The van der Waals surface area contributed by atoms with Gasteiger partial charge in [-0.1, -0.05) is 0 Å². The predicted octanol–water partition coefficient (Wildman–Crippen LogP) is 2.24. The Labute approximate surface area is 175 Å². The van der Waals surface area contributed by atoms with Crippen molar-refractivity contribution in [1.29, 1.82) is 0 Å². The number of methoxy groups -OCH3 is 1. The molecule has 3 aromatic heterocycles. The van der Waals surface area contributed by atoms with Crippen molar-refractivity contribution in [3.63, 3.8) is 0 Å². The Balaban J connectivity index is 1.54. The van der Waals surface area contributed by atoms with Crippen molar-refractivity contribution in [3.8, 4) is 11.1 Å². The summed E-state index contributed by atoms with van der Waals surface area (Å²) in [5.41, 5.74) is 4.16. The number of hydrogen-bond donors (Lipinski definition) is 2. The summed E-state index contributed by atoms with van der Waals surface area (Å²) in [6.45, 7) is 4.02. The zero-order chi connectivity index (χ0) is 20.7. The molecule has 1 saturated heterocycles. The third kappa shape index (κ3) is 3.57. The maximum atomic E-state index is 10.1. The minimum Gasteiger partial charge on any atom is -0.393 e. The molecule has 2 fully saturated rings. The quantitative estimate of drug-likeness (QED) is 0.614. The van der Waals surface area contributed by atoms with Crippen molar-refractivity contribution >= 4 is 11.5 Å². The van der Waals surface area contributed by atoms with Crippen LogP contribution in [0, 0.1) is 0 Å². The lowest BCUT2D eigenvalue weighted by atomic mass is 10.0. The summed E-state index contributed by atoms with van der Waals surface area (Å²) in [4.78, 5) is 4.54. The first-order valence-corrected chi connectivity index (χ1v) is 10.6. The first-order chi connectivity index (χ1) is 14.6. The minimum atomic E-state index is -0.244. The summed E-state index contributed by atoms with van der Waals surface area (Å²) < 4.78 is 14.5. The molecule has 160 valence electrons. The number of aliphatic hydroxyl groups excluding tert-OH is 1. The lowest BCUT2D eigenvalue weighted by Crippen LogP contribution is -2.30. The van der Waals surface area contributed by atoms with Gasteiger partial charge in [0.2, 0.25) is 5.95 Å². The number of ether oxygens (including phenoxy) is 2. The SMILES string of the molecule is COC[C@H](C)Nc1ncc2c(-c3cnn(C4COC4)c3)cc([C@@H]3CC[C@@H](O)C3)n2n1. The Kier molecular flexibility index (Phi) is 5.18. The number of hydrogen-bond acceptors (Lipinski definition) is 7. The van der Waals surface area contributed by atoms with Crippen LogP contribution in [0.4, 0.5) is 5.95 Å². The molecule has 0 amide bonds. The standard InChI is InChI=1S/C21H28N6O3/c1-13(10-29-2)24-21-22-8-20-18(15-7-23-26(9-15)16-11-30-12-16)6-19(27(20)25-21)14-3-4-17(28)5-14/h6-9,13-14,16-17,28H,3-5,10-12H2,1-2H3,(H,24,25)/t13-,14+,17+/m0/s1. The lowest BCUT2D eigenvalue weighted by Gasteiger charge is -2.25. The van der Waals surface area contributed by atoms with Crippen LogP contribution in [0.25, 0.3) is 16.6 Å². The van der Waals surface area contributed by atoms with Gasteiger partial charge in [0.05, 0.1) is 49.9 Å². The van der Waals surface area contributed by atoms with E-state index in [2.05, 4.69) is 27.7 Å². The topological polar surface area (TPSA) is 98.7 Å². The fourth-order valence-corrected chi connectivity index (χ4v) is 4.39. The van der Waals surface area contributed by atoms with Crippen LogP contribution in [0.1, 0.15) is 43.8 Å². The Morgan fingerprint density at radius 2 is 2.20 bits per heavy atom. The smallest absolute Gasteiger partial charge is 0.241 e.